The van der Waals surface area contributed by atoms with Gasteiger partial charge in [0.15, 0.2) is 0 Å². The minimum Gasteiger partial charge on any atom is -0.345 e. The highest BCUT2D eigenvalue weighted by molar-refractivity contribution is 5.97. The first-order chi connectivity index (χ1) is 11.8. The molecule has 136 valence electrons. The summed E-state index contributed by atoms with van der Waals surface area (Å²) in [6.45, 7) is 7.70. The molecule has 1 aliphatic rings. The highest BCUT2D eigenvalue weighted by atomic mass is 16.2. The molecule has 0 aliphatic heterocycles. The smallest absolute Gasteiger partial charge is 0.253 e. The van der Waals surface area contributed by atoms with Crippen molar-refractivity contribution in [3.63, 3.8) is 0 Å². The molecular weight excluding hydrogens is 310 g/mol. The van der Waals surface area contributed by atoms with Gasteiger partial charge in [-0.15, -0.1) is 0 Å². The molecule has 0 radical (unpaired) electrons. The van der Waals surface area contributed by atoms with Crippen LogP contribution in [0.5, 0.6) is 0 Å². The molecule has 4 nitrogen and oxygen atoms in total. The van der Waals surface area contributed by atoms with Gasteiger partial charge in [0, 0.05) is 31.6 Å². The summed E-state index contributed by atoms with van der Waals surface area (Å²) in [5.74, 6) is 1.90. The lowest BCUT2D eigenvalue weighted by Crippen LogP contribution is -2.22. The van der Waals surface area contributed by atoms with Crippen molar-refractivity contribution >= 4 is 16.9 Å². The van der Waals surface area contributed by atoms with Crippen LogP contribution in [0.4, 0.5) is 0 Å². The van der Waals surface area contributed by atoms with E-state index in [9.17, 15) is 4.79 Å². The van der Waals surface area contributed by atoms with Crippen molar-refractivity contribution in [3.8, 4) is 0 Å². The third-order valence-corrected chi connectivity index (χ3v) is 5.24. The summed E-state index contributed by atoms with van der Waals surface area (Å²) in [6, 6.07) is 5.97. The molecule has 1 fully saturated rings. The molecule has 0 N–H and O–H groups in total. The number of imidazole rings is 1. The van der Waals surface area contributed by atoms with E-state index >= 15 is 0 Å². The molecule has 2 aromatic rings. The number of hydrogen-bond acceptors (Lipinski definition) is 2. The second-order valence-corrected chi connectivity index (χ2v) is 8.70. The number of carbonyl (C=O) groups is 1. The Balaban J connectivity index is 2.04. The van der Waals surface area contributed by atoms with Gasteiger partial charge in [-0.3, -0.25) is 4.79 Å². The van der Waals surface area contributed by atoms with Crippen LogP contribution < -0.4 is 0 Å². The molecule has 0 bridgehead atoms. The highest BCUT2D eigenvalue weighted by Crippen LogP contribution is 2.31. The summed E-state index contributed by atoms with van der Waals surface area (Å²) in [4.78, 5) is 18.8. The van der Waals surface area contributed by atoms with Gasteiger partial charge in [-0.25, -0.2) is 4.98 Å². The average Bonchev–Trinajstić information content (AvgIpc) is 2.93. The number of carbonyl (C=O) groups excluding carboxylic acids is 1. The zero-order valence-corrected chi connectivity index (χ0v) is 16.3. The predicted molar refractivity (Wildman–Crippen MR) is 103 cm³/mol. The first-order valence-corrected chi connectivity index (χ1v) is 9.50. The minimum absolute atomic E-state index is 0.0145. The Morgan fingerprint density at radius 3 is 2.48 bits per heavy atom. The molecule has 0 unspecified atom stereocenters. The Morgan fingerprint density at radius 1 is 1.20 bits per heavy atom. The normalized spacial score (nSPS) is 16.4. The van der Waals surface area contributed by atoms with E-state index < -0.39 is 0 Å². The van der Waals surface area contributed by atoms with Gasteiger partial charge in [0.1, 0.15) is 5.82 Å². The first kappa shape index (κ1) is 18.0. The highest BCUT2D eigenvalue weighted by Gasteiger charge is 2.25. The van der Waals surface area contributed by atoms with Crippen molar-refractivity contribution < 1.29 is 4.79 Å². The van der Waals surface area contributed by atoms with Gasteiger partial charge in [-0.05, 0) is 37.0 Å². The van der Waals surface area contributed by atoms with Crippen LogP contribution in [0.3, 0.4) is 0 Å². The molecule has 0 atom stereocenters. The standard InChI is InChI=1S/C21H31N3O/c1-21(2,3)20-22-17-13-16(19(25)23(4)5)11-12-18(17)24(20)14-15-9-7-6-8-10-15/h11-13,15H,6-10,14H2,1-5H3. The second kappa shape index (κ2) is 6.81. The number of nitrogens with zero attached hydrogens (tertiary/aromatic N) is 3. The van der Waals surface area contributed by atoms with E-state index in [1.807, 2.05) is 12.1 Å². The van der Waals surface area contributed by atoms with E-state index in [2.05, 4.69) is 31.4 Å². The molecule has 3 rings (SSSR count). The van der Waals surface area contributed by atoms with Crippen LogP contribution in [0.15, 0.2) is 18.2 Å². The van der Waals surface area contributed by atoms with Gasteiger partial charge in [-0.1, -0.05) is 40.0 Å². The van der Waals surface area contributed by atoms with E-state index in [0.29, 0.717) is 5.56 Å². The third kappa shape index (κ3) is 3.73. The average molecular weight is 341 g/mol. The van der Waals surface area contributed by atoms with E-state index in [-0.39, 0.29) is 11.3 Å². The predicted octanol–water partition coefficient (Wildman–Crippen LogP) is 4.62. The Kier molecular flexibility index (Phi) is 4.90. The number of amides is 1. The zero-order valence-electron chi connectivity index (χ0n) is 16.3. The lowest BCUT2D eigenvalue weighted by atomic mass is 9.88. The maximum Gasteiger partial charge on any atom is 0.253 e. The van der Waals surface area contributed by atoms with E-state index in [0.717, 1.165) is 29.3 Å². The lowest BCUT2D eigenvalue weighted by Gasteiger charge is -2.26. The summed E-state index contributed by atoms with van der Waals surface area (Å²) in [5, 5.41) is 0. The largest absolute Gasteiger partial charge is 0.345 e. The van der Waals surface area contributed by atoms with Crippen LogP contribution in [0.25, 0.3) is 11.0 Å². The monoisotopic (exact) mass is 341 g/mol. The molecule has 1 aromatic heterocycles. The van der Waals surface area contributed by atoms with Crippen molar-refractivity contribution in [1.29, 1.82) is 0 Å². The van der Waals surface area contributed by atoms with Crippen LogP contribution in [-0.2, 0) is 12.0 Å². The Morgan fingerprint density at radius 2 is 1.88 bits per heavy atom. The lowest BCUT2D eigenvalue weighted by molar-refractivity contribution is 0.0827. The molecule has 0 spiro atoms. The quantitative estimate of drug-likeness (QED) is 0.817. The zero-order chi connectivity index (χ0) is 18.2. The molecule has 25 heavy (non-hydrogen) atoms. The molecule has 4 heteroatoms. The molecule has 1 aliphatic carbocycles. The summed E-state index contributed by atoms with van der Waals surface area (Å²) < 4.78 is 2.41. The molecule has 1 aromatic carbocycles. The number of aromatic nitrogens is 2. The Bertz CT molecular complexity index is 761. The van der Waals surface area contributed by atoms with Gasteiger partial charge < -0.3 is 9.47 Å². The van der Waals surface area contributed by atoms with Crippen LogP contribution in [0, 0.1) is 5.92 Å². The van der Waals surface area contributed by atoms with Crippen molar-refractivity contribution in [2.75, 3.05) is 14.1 Å². The first-order valence-electron chi connectivity index (χ1n) is 9.50. The van der Waals surface area contributed by atoms with Crippen molar-refractivity contribution in [2.24, 2.45) is 5.92 Å². The van der Waals surface area contributed by atoms with E-state index in [1.165, 1.54) is 32.1 Å². The van der Waals surface area contributed by atoms with Crippen molar-refractivity contribution in [2.45, 2.75) is 64.8 Å². The van der Waals surface area contributed by atoms with Crippen LogP contribution >= 0.6 is 0 Å². The molecule has 1 amide bonds. The summed E-state index contributed by atoms with van der Waals surface area (Å²) >= 11 is 0. The topological polar surface area (TPSA) is 38.1 Å². The Labute approximate surface area is 151 Å². The van der Waals surface area contributed by atoms with Gasteiger partial charge >= 0.3 is 0 Å². The fraction of sp³-hybridized carbons (Fsp3) is 0.619. The summed E-state index contributed by atoms with van der Waals surface area (Å²) in [5.41, 5.74) is 2.79. The fourth-order valence-corrected chi connectivity index (χ4v) is 3.91. The Hall–Kier alpha value is -1.84. The maximum atomic E-state index is 12.3. The van der Waals surface area contributed by atoms with E-state index in [1.54, 1.807) is 19.0 Å². The maximum absolute atomic E-state index is 12.3. The van der Waals surface area contributed by atoms with E-state index in [4.69, 9.17) is 4.98 Å². The number of benzene rings is 1. The van der Waals surface area contributed by atoms with Crippen molar-refractivity contribution in [3.05, 3.63) is 29.6 Å². The van der Waals surface area contributed by atoms with Crippen LogP contribution in [-0.4, -0.2) is 34.5 Å². The third-order valence-electron chi connectivity index (χ3n) is 5.24. The number of hydrogen-bond donors (Lipinski definition) is 0. The summed E-state index contributed by atoms with van der Waals surface area (Å²) in [6.07, 6.45) is 6.72. The molecule has 0 saturated heterocycles. The summed E-state index contributed by atoms with van der Waals surface area (Å²) in [7, 11) is 3.57. The van der Waals surface area contributed by atoms with Gasteiger partial charge in [0.05, 0.1) is 11.0 Å². The number of rotatable bonds is 3. The molecule has 1 saturated carbocycles. The minimum atomic E-state index is -0.0145. The van der Waals surface area contributed by atoms with Crippen LogP contribution in [0.2, 0.25) is 0 Å². The van der Waals surface area contributed by atoms with Crippen LogP contribution in [0.1, 0.15) is 69.1 Å². The fourth-order valence-electron chi connectivity index (χ4n) is 3.91. The molecular formula is C21H31N3O. The van der Waals surface area contributed by atoms with Gasteiger partial charge in [0.25, 0.3) is 5.91 Å². The molecule has 1 heterocycles. The van der Waals surface area contributed by atoms with Gasteiger partial charge in [-0.2, -0.15) is 0 Å². The van der Waals surface area contributed by atoms with Crippen molar-refractivity contribution in [1.82, 2.24) is 14.5 Å². The van der Waals surface area contributed by atoms with Gasteiger partial charge in [0.2, 0.25) is 0 Å². The second-order valence-electron chi connectivity index (χ2n) is 8.70. The number of fused-ring (bicyclic) bond motifs is 1. The SMILES string of the molecule is CN(C)C(=O)c1ccc2c(c1)nc(C(C)(C)C)n2CC1CCCCC1.